The summed E-state index contributed by atoms with van der Waals surface area (Å²) in [7, 11) is 1.60. The van der Waals surface area contributed by atoms with Crippen LogP contribution in [0.2, 0.25) is 0 Å². The molecule has 18 heavy (non-hydrogen) atoms. The summed E-state index contributed by atoms with van der Waals surface area (Å²) in [5.41, 5.74) is 1.04. The van der Waals surface area contributed by atoms with Crippen LogP contribution in [0.5, 0.6) is 5.88 Å². The average Bonchev–Trinajstić information content (AvgIpc) is 2.90. The Morgan fingerprint density at radius 1 is 1.56 bits per heavy atom. The first-order valence-electron chi connectivity index (χ1n) is 6.56. The zero-order chi connectivity index (χ0) is 12.8. The number of aromatic nitrogens is 1. The number of hydrogen-bond donors (Lipinski definition) is 1. The number of hydrogen-bond acceptors (Lipinski definition) is 4. The van der Waals surface area contributed by atoms with E-state index < -0.39 is 0 Å². The van der Waals surface area contributed by atoms with Gasteiger partial charge in [0.15, 0.2) is 0 Å². The number of aliphatic hydroxyl groups is 1. The Hall–Kier alpha value is -1.13. The number of rotatable bonds is 6. The second-order valence-electron chi connectivity index (χ2n) is 4.78. The first-order chi connectivity index (χ1) is 8.78. The lowest BCUT2D eigenvalue weighted by molar-refractivity contribution is 0.0813. The van der Waals surface area contributed by atoms with Gasteiger partial charge in [-0.2, -0.15) is 0 Å². The summed E-state index contributed by atoms with van der Waals surface area (Å²) in [4.78, 5) is 4.13. The molecule has 2 heterocycles. The fourth-order valence-corrected chi connectivity index (χ4v) is 2.28. The maximum atomic E-state index is 9.97. The molecule has 0 aromatic carbocycles. The van der Waals surface area contributed by atoms with Crippen LogP contribution in [0, 0.1) is 0 Å². The van der Waals surface area contributed by atoms with Crippen LogP contribution in [-0.2, 0) is 11.2 Å². The van der Waals surface area contributed by atoms with Gasteiger partial charge in [0.1, 0.15) is 0 Å². The highest BCUT2D eigenvalue weighted by Crippen LogP contribution is 2.19. The zero-order valence-corrected chi connectivity index (χ0v) is 10.8. The summed E-state index contributed by atoms with van der Waals surface area (Å²) in [5, 5.41) is 9.97. The van der Waals surface area contributed by atoms with Crippen LogP contribution >= 0.6 is 0 Å². The summed E-state index contributed by atoms with van der Waals surface area (Å²) < 4.78 is 10.5. The van der Waals surface area contributed by atoms with E-state index in [2.05, 4.69) is 4.98 Å². The molecule has 1 saturated heterocycles. The van der Waals surface area contributed by atoms with E-state index in [9.17, 15) is 5.11 Å². The molecule has 0 spiro atoms. The minimum Gasteiger partial charge on any atom is -0.481 e. The van der Waals surface area contributed by atoms with Crippen molar-refractivity contribution in [1.29, 1.82) is 0 Å². The summed E-state index contributed by atoms with van der Waals surface area (Å²) in [6.07, 6.45) is 6.47. The molecule has 1 aromatic heterocycles. The SMILES string of the molecule is COc1ccc(CC(O)CCC2CCCO2)cn1. The normalized spacial score (nSPS) is 20.9. The Morgan fingerprint density at radius 3 is 3.06 bits per heavy atom. The predicted molar refractivity (Wildman–Crippen MR) is 68.7 cm³/mol. The van der Waals surface area contributed by atoms with Gasteiger partial charge in [-0.3, -0.25) is 0 Å². The molecule has 0 amide bonds. The van der Waals surface area contributed by atoms with Gasteiger partial charge in [0.25, 0.3) is 0 Å². The molecular weight excluding hydrogens is 230 g/mol. The van der Waals surface area contributed by atoms with Crippen LogP contribution in [0.25, 0.3) is 0 Å². The van der Waals surface area contributed by atoms with Crippen LogP contribution in [0.15, 0.2) is 18.3 Å². The van der Waals surface area contributed by atoms with Crippen molar-refractivity contribution in [2.45, 2.75) is 44.3 Å². The molecule has 1 N–H and O–H groups in total. The maximum absolute atomic E-state index is 9.97. The highest BCUT2D eigenvalue weighted by molar-refractivity contribution is 5.18. The van der Waals surface area contributed by atoms with Crippen LogP contribution in [-0.4, -0.2) is 36.0 Å². The van der Waals surface area contributed by atoms with Crippen molar-refractivity contribution in [2.75, 3.05) is 13.7 Å². The molecule has 1 aromatic rings. The third-order valence-electron chi connectivity index (χ3n) is 3.32. The number of ether oxygens (including phenoxy) is 2. The maximum Gasteiger partial charge on any atom is 0.212 e. The van der Waals surface area contributed by atoms with Crippen molar-refractivity contribution < 1.29 is 14.6 Å². The Morgan fingerprint density at radius 2 is 2.44 bits per heavy atom. The van der Waals surface area contributed by atoms with E-state index in [4.69, 9.17) is 9.47 Å². The lowest BCUT2D eigenvalue weighted by Gasteiger charge is -2.13. The second-order valence-corrected chi connectivity index (χ2v) is 4.78. The molecule has 4 nitrogen and oxygen atoms in total. The van der Waals surface area contributed by atoms with Gasteiger partial charge >= 0.3 is 0 Å². The highest BCUT2D eigenvalue weighted by Gasteiger charge is 2.17. The van der Waals surface area contributed by atoms with Crippen molar-refractivity contribution in [3.63, 3.8) is 0 Å². The van der Waals surface area contributed by atoms with Gasteiger partial charge in [0.05, 0.1) is 19.3 Å². The van der Waals surface area contributed by atoms with E-state index in [1.165, 1.54) is 0 Å². The van der Waals surface area contributed by atoms with Crippen LogP contribution in [0.1, 0.15) is 31.2 Å². The summed E-state index contributed by atoms with van der Waals surface area (Å²) >= 11 is 0. The summed E-state index contributed by atoms with van der Waals surface area (Å²) in [6, 6.07) is 3.77. The Kier molecular flexibility index (Phi) is 4.96. The Bertz CT molecular complexity index is 347. The van der Waals surface area contributed by atoms with Gasteiger partial charge in [0.2, 0.25) is 5.88 Å². The van der Waals surface area contributed by atoms with Crippen molar-refractivity contribution in [3.8, 4) is 5.88 Å². The van der Waals surface area contributed by atoms with E-state index in [1.807, 2.05) is 12.1 Å². The molecule has 2 atom stereocenters. The first-order valence-corrected chi connectivity index (χ1v) is 6.56. The number of pyridine rings is 1. The van der Waals surface area contributed by atoms with Crippen molar-refractivity contribution in [1.82, 2.24) is 4.98 Å². The second kappa shape index (κ2) is 6.71. The first kappa shape index (κ1) is 13.3. The minimum absolute atomic E-state index is 0.315. The molecule has 0 bridgehead atoms. The fraction of sp³-hybridized carbons (Fsp3) is 0.643. The smallest absolute Gasteiger partial charge is 0.212 e. The van der Waals surface area contributed by atoms with Gasteiger partial charge in [-0.1, -0.05) is 6.07 Å². The largest absolute Gasteiger partial charge is 0.481 e. The lowest BCUT2D eigenvalue weighted by atomic mass is 10.0. The predicted octanol–water partition coefficient (Wildman–Crippen LogP) is 1.95. The number of methoxy groups -OCH3 is 1. The van der Waals surface area contributed by atoms with Gasteiger partial charge in [-0.05, 0) is 37.7 Å². The lowest BCUT2D eigenvalue weighted by Crippen LogP contribution is -2.15. The van der Waals surface area contributed by atoms with E-state index in [0.717, 1.165) is 37.9 Å². The standard InChI is InChI=1S/C14H21NO3/c1-17-14-7-4-11(10-15-14)9-12(16)5-6-13-3-2-8-18-13/h4,7,10,12-13,16H,2-3,5-6,8-9H2,1H3. The van der Waals surface area contributed by atoms with Gasteiger partial charge in [-0.25, -0.2) is 4.98 Å². The topological polar surface area (TPSA) is 51.6 Å². The van der Waals surface area contributed by atoms with Crippen molar-refractivity contribution >= 4 is 0 Å². The molecule has 100 valence electrons. The fourth-order valence-electron chi connectivity index (χ4n) is 2.28. The quantitative estimate of drug-likeness (QED) is 0.839. The van der Waals surface area contributed by atoms with Crippen LogP contribution < -0.4 is 4.74 Å². The molecule has 0 radical (unpaired) electrons. The highest BCUT2D eigenvalue weighted by atomic mass is 16.5. The monoisotopic (exact) mass is 251 g/mol. The summed E-state index contributed by atoms with van der Waals surface area (Å²) in [5.74, 6) is 0.604. The molecule has 1 fully saturated rings. The van der Waals surface area contributed by atoms with Crippen LogP contribution in [0.4, 0.5) is 0 Å². The molecule has 4 heteroatoms. The Labute approximate surface area is 108 Å². The molecule has 0 saturated carbocycles. The van der Waals surface area contributed by atoms with E-state index in [-0.39, 0.29) is 6.10 Å². The number of aliphatic hydroxyl groups excluding tert-OH is 1. The van der Waals surface area contributed by atoms with Crippen molar-refractivity contribution in [3.05, 3.63) is 23.9 Å². The number of nitrogens with zero attached hydrogens (tertiary/aromatic N) is 1. The summed E-state index contributed by atoms with van der Waals surface area (Å²) in [6.45, 7) is 0.878. The molecule has 2 unspecified atom stereocenters. The van der Waals surface area contributed by atoms with E-state index in [1.54, 1.807) is 13.3 Å². The molecule has 0 aliphatic carbocycles. The molecule has 1 aliphatic heterocycles. The zero-order valence-electron chi connectivity index (χ0n) is 10.8. The minimum atomic E-state index is -0.315. The van der Waals surface area contributed by atoms with Crippen molar-refractivity contribution in [2.24, 2.45) is 0 Å². The van der Waals surface area contributed by atoms with Gasteiger partial charge in [-0.15, -0.1) is 0 Å². The molecule has 2 rings (SSSR count). The van der Waals surface area contributed by atoms with Gasteiger partial charge < -0.3 is 14.6 Å². The van der Waals surface area contributed by atoms with E-state index in [0.29, 0.717) is 18.4 Å². The Balaban J connectivity index is 1.73. The van der Waals surface area contributed by atoms with E-state index >= 15 is 0 Å². The molecule has 1 aliphatic rings. The third kappa shape index (κ3) is 3.96. The average molecular weight is 251 g/mol. The van der Waals surface area contributed by atoms with Crippen LogP contribution in [0.3, 0.4) is 0 Å². The van der Waals surface area contributed by atoms with Gasteiger partial charge in [0, 0.05) is 18.9 Å². The molecular formula is C14H21NO3. The third-order valence-corrected chi connectivity index (χ3v) is 3.32.